The molecule has 1 saturated carbocycles. The van der Waals surface area contributed by atoms with E-state index in [0.29, 0.717) is 26.9 Å². The fourth-order valence-corrected chi connectivity index (χ4v) is 5.75. The molecule has 3 aromatic heterocycles. The van der Waals surface area contributed by atoms with Gasteiger partial charge in [-0.15, -0.1) is 11.3 Å². The normalized spacial score (nSPS) is 19.3. The van der Waals surface area contributed by atoms with E-state index in [1.54, 1.807) is 18.5 Å². The first kappa shape index (κ1) is 20.8. The van der Waals surface area contributed by atoms with Gasteiger partial charge in [0.1, 0.15) is 15.5 Å². The quantitative estimate of drug-likeness (QED) is 0.402. The number of carbonyl (C=O) groups is 2. The second kappa shape index (κ2) is 8.19. The molecular formula is C25H22N6O2S. The largest absolute Gasteiger partial charge is 0.347 e. The zero-order valence-corrected chi connectivity index (χ0v) is 19.0. The summed E-state index contributed by atoms with van der Waals surface area (Å²) >= 11 is 1.27. The molecule has 34 heavy (non-hydrogen) atoms. The number of carbonyl (C=O) groups excluding carboxylic acids is 2. The number of nitrogens with two attached hydrogens (primary N) is 1. The molecule has 0 bridgehead atoms. The summed E-state index contributed by atoms with van der Waals surface area (Å²) in [6.45, 7) is 0. The summed E-state index contributed by atoms with van der Waals surface area (Å²) in [7, 11) is 0. The third-order valence-corrected chi connectivity index (χ3v) is 7.52. The van der Waals surface area contributed by atoms with Crippen molar-refractivity contribution >= 4 is 50.7 Å². The van der Waals surface area contributed by atoms with Crippen LogP contribution in [-0.4, -0.2) is 34.0 Å². The van der Waals surface area contributed by atoms with Gasteiger partial charge in [-0.2, -0.15) is 0 Å². The van der Waals surface area contributed by atoms with E-state index in [1.165, 1.54) is 16.2 Å². The monoisotopic (exact) mass is 470 g/mol. The van der Waals surface area contributed by atoms with Crippen LogP contribution in [-0.2, 0) is 0 Å². The van der Waals surface area contributed by atoms with Gasteiger partial charge in [-0.05, 0) is 48.6 Å². The van der Waals surface area contributed by atoms with Gasteiger partial charge >= 0.3 is 6.03 Å². The summed E-state index contributed by atoms with van der Waals surface area (Å²) in [6.07, 6.45) is 6.10. The van der Waals surface area contributed by atoms with Crippen molar-refractivity contribution in [1.82, 2.24) is 15.3 Å². The molecule has 1 fully saturated rings. The van der Waals surface area contributed by atoms with Gasteiger partial charge < -0.3 is 16.4 Å². The summed E-state index contributed by atoms with van der Waals surface area (Å²) in [5.74, 6) is 0.260. The van der Waals surface area contributed by atoms with E-state index in [1.807, 2.05) is 42.5 Å². The van der Waals surface area contributed by atoms with Gasteiger partial charge in [0, 0.05) is 24.5 Å². The van der Waals surface area contributed by atoms with Gasteiger partial charge in [-0.25, -0.2) is 19.7 Å². The van der Waals surface area contributed by atoms with Crippen LogP contribution in [0.4, 0.5) is 22.0 Å². The summed E-state index contributed by atoms with van der Waals surface area (Å²) < 4.78 is 0. The number of amides is 3. The molecule has 1 aromatic carbocycles. The Bertz CT molecular complexity index is 1420. The van der Waals surface area contributed by atoms with E-state index < -0.39 is 0 Å². The lowest BCUT2D eigenvalue weighted by molar-refractivity contribution is 0.0939. The number of thiophene rings is 1. The topological polar surface area (TPSA) is 113 Å². The number of benzene rings is 1. The maximum Gasteiger partial charge on any atom is 0.332 e. The van der Waals surface area contributed by atoms with Crippen molar-refractivity contribution in [3.05, 3.63) is 65.8 Å². The van der Waals surface area contributed by atoms with Gasteiger partial charge in [0.25, 0.3) is 5.91 Å². The fourth-order valence-electron chi connectivity index (χ4n) is 4.72. The molecule has 4 aromatic rings. The number of pyridine rings is 2. The Morgan fingerprint density at radius 1 is 1.09 bits per heavy atom. The molecule has 3 amide bonds. The Morgan fingerprint density at radius 2 is 1.91 bits per heavy atom. The Balaban J connectivity index is 1.41. The van der Waals surface area contributed by atoms with Gasteiger partial charge in [0.05, 0.1) is 16.8 Å². The molecule has 4 N–H and O–H groups in total. The maximum atomic E-state index is 13.3. The maximum absolute atomic E-state index is 13.3. The second-order valence-corrected chi connectivity index (χ2v) is 9.52. The van der Waals surface area contributed by atoms with Crippen molar-refractivity contribution in [2.75, 3.05) is 10.2 Å². The molecule has 1 aliphatic heterocycles. The number of nitrogens with one attached hydrogen (secondary N) is 2. The molecular weight excluding hydrogens is 448 g/mol. The van der Waals surface area contributed by atoms with Crippen LogP contribution in [0, 0.1) is 0 Å². The third kappa shape index (κ3) is 3.41. The Hall–Kier alpha value is -3.82. The van der Waals surface area contributed by atoms with Gasteiger partial charge in [0.2, 0.25) is 0 Å². The summed E-state index contributed by atoms with van der Waals surface area (Å²) in [4.78, 5) is 38.0. The van der Waals surface area contributed by atoms with Crippen molar-refractivity contribution < 1.29 is 9.59 Å². The van der Waals surface area contributed by atoms with Crippen molar-refractivity contribution in [3.8, 4) is 11.1 Å². The zero-order chi connectivity index (χ0) is 23.2. The van der Waals surface area contributed by atoms with Crippen molar-refractivity contribution in [3.63, 3.8) is 0 Å². The molecule has 1 aliphatic carbocycles. The lowest BCUT2D eigenvalue weighted by Crippen LogP contribution is -2.44. The van der Waals surface area contributed by atoms with E-state index in [9.17, 15) is 9.59 Å². The molecule has 0 radical (unpaired) electrons. The van der Waals surface area contributed by atoms with Crippen LogP contribution < -0.4 is 21.3 Å². The molecule has 0 spiro atoms. The minimum absolute atomic E-state index is 0.0450. The Morgan fingerprint density at radius 3 is 2.71 bits per heavy atom. The smallest absolute Gasteiger partial charge is 0.332 e. The lowest BCUT2D eigenvalue weighted by atomic mass is 10.1. The van der Waals surface area contributed by atoms with E-state index in [-0.39, 0.29) is 24.0 Å². The van der Waals surface area contributed by atoms with Gasteiger partial charge in [-0.1, -0.05) is 30.3 Å². The molecule has 2 atom stereocenters. The second-order valence-electron chi connectivity index (χ2n) is 8.53. The minimum atomic E-state index is -0.372. The molecule has 0 unspecified atom stereocenters. The number of hydrogen-bond donors (Lipinski definition) is 3. The minimum Gasteiger partial charge on any atom is -0.347 e. The first-order valence-corrected chi connectivity index (χ1v) is 12.0. The fraction of sp³-hybridized carbons (Fsp3) is 0.200. The zero-order valence-electron chi connectivity index (χ0n) is 18.2. The molecule has 6 rings (SSSR count). The van der Waals surface area contributed by atoms with Crippen molar-refractivity contribution in [2.24, 2.45) is 5.73 Å². The number of hydrogen-bond acceptors (Lipinski definition) is 6. The van der Waals surface area contributed by atoms with E-state index in [2.05, 4.69) is 20.6 Å². The van der Waals surface area contributed by atoms with Crippen LogP contribution >= 0.6 is 11.3 Å². The standard InChI is InChI=1S/C25H22N6O2S/c26-16-7-4-8-17(16)29-23(32)22-21-20-18(10-12-28-24(20)34-22)31(25(33)30-21)19-13-15(9-11-27-19)14-5-2-1-3-6-14/h1-3,5-6,9-13,16-17H,4,7-8,26H2,(H,29,32)(H,30,33)/t16-,17+/m0/s1. The van der Waals surface area contributed by atoms with Crippen LogP contribution in [0.25, 0.3) is 21.3 Å². The van der Waals surface area contributed by atoms with Crippen LogP contribution in [0.15, 0.2) is 60.9 Å². The van der Waals surface area contributed by atoms with E-state index >= 15 is 0 Å². The third-order valence-electron chi connectivity index (χ3n) is 6.42. The Labute approximate surface area is 199 Å². The number of nitrogens with zero attached hydrogens (tertiary/aromatic N) is 3. The van der Waals surface area contributed by atoms with E-state index in [4.69, 9.17) is 5.73 Å². The highest BCUT2D eigenvalue weighted by Crippen LogP contribution is 2.45. The average Bonchev–Trinajstić information content (AvgIpc) is 3.44. The molecule has 4 heterocycles. The molecule has 2 aliphatic rings. The molecule has 170 valence electrons. The van der Waals surface area contributed by atoms with Gasteiger partial charge in [0.15, 0.2) is 0 Å². The Kier molecular flexibility index (Phi) is 5.00. The van der Waals surface area contributed by atoms with Gasteiger partial charge in [-0.3, -0.25) is 4.79 Å². The van der Waals surface area contributed by atoms with Crippen LogP contribution in [0.2, 0.25) is 0 Å². The molecule has 0 saturated heterocycles. The number of rotatable bonds is 4. The molecule has 9 heteroatoms. The first-order chi connectivity index (χ1) is 16.6. The van der Waals surface area contributed by atoms with Crippen molar-refractivity contribution in [1.29, 1.82) is 0 Å². The SMILES string of the molecule is N[C@H]1CCC[C@H]1NC(=O)c1sc2nccc3c2c1NC(=O)N3c1cc(-c2ccccc2)ccn1. The summed E-state index contributed by atoms with van der Waals surface area (Å²) in [6, 6.07) is 15.0. The van der Waals surface area contributed by atoms with Crippen LogP contribution in [0.3, 0.4) is 0 Å². The number of urea groups is 1. The van der Waals surface area contributed by atoms with Crippen LogP contribution in [0.5, 0.6) is 0 Å². The molecule has 8 nitrogen and oxygen atoms in total. The van der Waals surface area contributed by atoms with Crippen LogP contribution in [0.1, 0.15) is 28.9 Å². The average molecular weight is 471 g/mol. The summed E-state index contributed by atoms with van der Waals surface area (Å²) in [5.41, 5.74) is 9.26. The number of anilines is 3. The number of aromatic nitrogens is 2. The summed E-state index contributed by atoms with van der Waals surface area (Å²) in [5, 5.41) is 6.71. The lowest BCUT2D eigenvalue weighted by Gasteiger charge is -2.27. The van der Waals surface area contributed by atoms with Crippen molar-refractivity contribution in [2.45, 2.75) is 31.3 Å². The highest BCUT2D eigenvalue weighted by Gasteiger charge is 2.34. The predicted molar refractivity (Wildman–Crippen MR) is 134 cm³/mol. The van der Waals surface area contributed by atoms with E-state index in [0.717, 1.165) is 35.8 Å². The highest BCUT2D eigenvalue weighted by molar-refractivity contribution is 7.21. The highest BCUT2D eigenvalue weighted by atomic mass is 32.1. The predicted octanol–water partition coefficient (Wildman–Crippen LogP) is 4.65. The first-order valence-electron chi connectivity index (χ1n) is 11.2.